The molecule has 2 aromatic carbocycles. The van der Waals surface area contributed by atoms with E-state index in [2.05, 4.69) is 39.7 Å². The molecule has 37 heavy (non-hydrogen) atoms. The molecule has 0 bridgehead atoms. The van der Waals surface area contributed by atoms with Gasteiger partial charge in [-0.1, -0.05) is 12.1 Å². The Bertz CT molecular complexity index is 1300. The Morgan fingerprint density at radius 1 is 1.24 bits per heavy atom. The maximum atomic E-state index is 11.9. The van der Waals surface area contributed by atoms with Crippen molar-refractivity contribution >= 4 is 17.6 Å². The molecule has 0 aliphatic carbocycles. The quantitative estimate of drug-likeness (QED) is 0.321. The fourth-order valence-electron chi connectivity index (χ4n) is 4.17. The number of ether oxygens (including phenoxy) is 2. The third-order valence-corrected chi connectivity index (χ3v) is 5.66. The lowest BCUT2D eigenvalue weighted by Gasteiger charge is -2.19. The van der Waals surface area contributed by atoms with E-state index in [1.165, 1.54) is 5.56 Å². The first kappa shape index (κ1) is 26.2. The van der Waals surface area contributed by atoms with Gasteiger partial charge in [0.15, 0.2) is 0 Å². The van der Waals surface area contributed by atoms with E-state index in [1.807, 2.05) is 39.5 Å². The smallest absolute Gasteiger partial charge is 0.307 e. The molecule has 1 N–H and O–H groups in total. The molecule has 0 radical (unpaired) electrons. The van der Waals surface area contributed by atoms with E-state index in [0.29, 0.717) is 48.2 Å². The van der Waals surface area contributed by atoms with Gasteiger partial charge >= 0.3 is 5.97 Å². The first-order valence-electron chi connectivity index (χ1n) is 12.5. The molecule has 0 fully saturated rings. The van der Waals surface area contributed by atoms with Gasteiger partial charge in [-0.25, -0.2) is 0 Å². The average molecular weight is 504 g/mol. The van der Waals surface area contributed by atoms with Gasteiger partial charge in [-0.15, -0.1) is 0 Å². The maximum absolute atomic E-state index is 11.9. The summed E-state index contributed by atoms with van der Waals surface area (Å²) in [5.41, 5.74) is 3.90. The molecule has 194 valence electrons. The van der Waals surface area contributed by atoms with E-state index in [-0.39, 0.29) is 12.1 Å². The van der Waals surface area contributed by atoms with Crippen molar-refractivity contribution in [1.82, 2.24) is 15.5 Å². The molecule has 1 aromatic heterocycles. The summed E-state index contributed by atoms with van der Waals surface area (Å²) in [5, 5.41) is 17.1. The summed E-state index contributed by atoms with van der Waals surface area (Å²) >= 11 is 0. The lowest BCUT2D eigenvalue weighted by molar-refractivity contribution is -0.154. The second-order valence-corrected chi connectivity index (χ2v) is 10.3. The van der Waals surface area contributed by atoms with Gasteiger partial charge < -0.3 is 24.2 Å². The summed E-state index contributed by atoms with van der Waals surface area (Å²) in [4.78, 5) is 18.5. The summed E-state index contributed by atoms with van der Waals surface area (Å²) in [7, 11) is 0. The van der Waals surface area contributed by atoms with Gasteiger partial charge in [0.1, 0.15) is 17.4 Å². The van der Waals surface area contributed by atoms with Crippen molar-refractivity contribution in [2.45, 2.75) is 65.7 Å². The molecule has 3 aromatic rings. The van der Waals surface area contributed by atoms with Crippen LogP contribution in [0.15, 0.2) is 40.9 Å². The van der Waals surface area contributed by atoms with Gasteiger partial charge in [0.05, 0.1) is 23.7 Å². The largest absolute Gasteiger partial charge is 0.491 e. The van der Waals surface area contributed by atoms with E-state index in [4.69, 9.17) is 14.0 Å². The fraction of sp³-hybridized carbons (Fsp3) is 0.429. The van der Waals surface area contributed by atoms with Crippen LogP contribution in [0.3, 0.4) is 0 Å². The predicted molar refractivity (Wildman–Crippen MR) is 140 cm³/mol. The number of esters is 1. The van der Waals surface area contributed by atoms with Gasteiger partial charge in [0.25, 0.3) is 11.8 Å². The van der Waals surface area contributed by atoms with Crippen LogP contribution in [0.4, 0.5) is 11.6 Å². The Labute approximate surface area is 217 Å². The summed E-state index contributed by atoms with van der Waals surface area (Å²) in [6.45, 7) is 11.4. The summed E-state index contributed by atoms with van der Waals surface area (Å²) in [6.07, 6.45) is 1.20. The van der Waals surface area contributed by atoms with Gasteiger partial charge in [0, 0.05) is 25.3 Å². The minimum absolute atomic E-state index is 0.0103. The summed E-state index contributed by atoms with van der Waals surface area (Å²) in [5.74, 6) is 1.18. The van der Waals surface area contributed by atoms with Crippen LogP contribution < -0.4 is 15.0 Å². The highest BCUT2D eigenvalue weighted by atomic mass is 16.6. The number of rotatable bonds is 9. The number of hydrogen-bond acceptors (Lipinski definition) is 9. The second kappa shape index (κ2) is 11.0. The Kier molecular flexibility index (Phi) is 7.79. The van der Waals surface area contributed by atoms with Crippen molar-refractivity contribution in [3.05, 3.63) is 53.1 Å². The molecule has 9 heteroatoms. The van der Waals surface area contributed by atoms with Crippen molar-refractivity contribution in [2.75, 3.05) is 18.0 Å². The number of hydrogen-bond donors (Lipinski definition) is 1. The van der Waals surface area contributed by atoms with Crippen LogP contribution >= 0.6 is 0 Å². The molecule has 9 nitrogen and oxygen atoms in total. The lowest BCUT2D eigenvalue weighted by Crippen LogP contribution is -2.26. The van der Waals surface area contributed by atoms with E-state index >= 15 is 0 Å². The Morgan fingerprint density at radius 3 is 2.78 bits per heavy atom. The molecule has 0 saturated heterocycles. The first-order valence-corrected chi connectivity index (χ1v) is 12.5. The normalized spacial score (nSPS) is 12.9. The number of nitriles is 1. The second-order valence-electron chi connectivity index (χ2n) is 10.3. The zero-order valence-electron chi connectivity index (χ0n) is 22.0. The van der Waals surface area contributed by atoms with Crippen LogP contribution in [-0.2, 0) is 22.5 Å². The number of anilines is 2. The molecular formula is C28H33N5O4. The third kappa shape index (κ3) is 6.66. The highest BCUT2D eigenvalue weighted by Crippen LogP contribution is 2.35. The lowest BCUT2D eigenvalue weighted by atomic mass is 10.1. The molecule has 2 heterocycles. The maximum Gasteiger partial charge on any atom is 0.307 e. The Hall–Kier alpha value is -3.90. The van der Waals surface area contributed by atoms with Crippen LogP contribution in [0.2, 0.25) is 0 Å². The van der Waals surface area contributed by atoms with Gasteiger partial charge in [0.2, 0.25) is 0 Å². The van der Waals surface area contributed by atoms with Crippen LogP contribution in [0.25, 0.3) is 11.5 Å². The van der Waals surface area contributed by atoms with Crippen LogP contribution in [0, 0.1) is 11.3 Å². The zero-order chi connectivity index (χ0) is 26.6. The monoisotopic (exact) mass is 503 g/mol. The molecule has 0 spiro atoms. The number of carbonyl (C=O) groups excluding carboxylic acids is 1. The van der Waals surface area contributed by atoms with Crippen molar-refractivity contribution in [3.63, 3.8) is 0 Å². The number of aromatic nitrogens is 2. The van der Waals surface area contributed by atoms with E-state index in [0.717, 1.165) is 24.2 Å². The summed E-state index contributed by atoms with van der Waals surface area (Å²) in [6, 6.07) is 13.7. The standard InChI is InChI=1S/C28H33N5O4/c1-18(2)35-22-7-8-23(21(15-22)16-29)26-31-27(32-37-26)33-13-11-20-14-19(6-9-24(20)33)17-30-12-10-25(34)36-28(3,4)5/h6-9,14-15,18,30H,10-13,17H2,1-5H3. The van der Waals surface area contributed by atoms with Crippen LogP contribution in [0.5, 0.6) is 5.75 Å². The molecule has 0 atom stereocenters. The molecule has 1 aliphatic heterocycles. The highest BCUT2D eigenvalue weighted by molar-refractivity contribution is 5.70. The van der Waals surface area contributed by atoms with Gasteiger partial charge in [-0.2, -0.15) is 10.2 Å². The fourth-order valence-corrected chi connectivity index (χ4v) is 4.17. The molecule has 0 amide bonds. The van der Waals surface area contributed by atoms with E-state index in [1.54, 1.807) is 18.2 Å². The van der Waals surface area contributed by atoms with Crippen molar-refractivity contribution in [2.24, 2.45) is 0 Å². The molecular weight excluding hydrogens is 470 g/mol. The average Bonchev–Trinajstić information content (AvgIpc) is 3.47. The van der Waals surface area contributed by atoms with Gasteiger partial charge in [-0.05, 0) is 81.6 Å². The van der Waals surface area contributed by atoms with Gasteiger partial charge in [-0.3, -0.25) is 4.79 Å². The SMILES string of the molecule is CC(C)Oc1ccc(-c2nc(N3CCc4cc(CNCCC(=O)OC(C)(C)C)ccc43)no2)c(C#N)c1. The number of nitrogens with one attached hydrogen (secondary N) is 1. The predicted octanol–water partition coefficient (Wildman–Crippen LogP) is 4.91. The zero-order valence-corrected chi connectivity index (χ0v) is 22.0. The molecule has 0 saturated carbocycles. The number of benzene rings is 2. The minimum Gasteiger partial charge on any atom is -0.491 e. The van der Waals surface area contributed by atoms with E-state index in [9.17, 15) is 10.1 Å². The molecule has 1 aliphatic rings. The topological polar surface area (TPSA) is 114 Å². The van der Waals surface area contributed by atoms with Crippen molar-refractivity contribution in [1.29, 1.82) is 5.26 Å². The van der Waals surface area contributed by atoms with Crippen molar-refractivity contribution in [3.8, 4) is 23.3 Å². The van der Waals surface area contributed by atoms with Crippen molar-refractivity contribution < 1.29 is 18.8 Å². The highest BCUT2D eigenvalue weighted by Gasteiger charge is 2.25. The first-order chi connectivity index (χ1) is 17.6. The minimum atomic E-state index is -0.465. The van der Waals surface area contributed by atoms with Crippen LogP contribution in [0.1, 0.15) is 57.7 Å². The molecule has 4 rings (SSSR count). The third-order valence-electron chi connectivity index (χ3n) is 5.66. The Morgan fingerprint density at radius 2 is 2.05 bits per heavy atom. The Balaban J connectivity index is 1.40. The van der Waals surface area contributed by atoms with E-state index < -0.39 is 5.60 Å². The number of nitrogens with zero attached hydrogens (tertiary/aromatic N) is 4. The number of carbonyl (C=O) groups is 1. The number of fused-ring (bicyclic) bond motifs is 1. The molecule has 0 unspecified atom stereocenters. The summed E-state index contributed by atoms with van der Waals surface area (Å²) < 4.78 is 16.6. The van der Waals surface area contributed by atoms with Crippen LogP contribution in [-0.4, -0.2) is 40.9 Å².